The number of hydrogen-bond donors (Lipinski definition) is 2. The molecule has 248 valence electrons. The van der Waals surface area contributed by atoms with Gasteiger partial charge in [-0.3, -0.25) is 0 Å². The van der Waals surface area contributed by atoms with Crippen molar-refractivity contribution in [1.82, 2.24) is 0 Å². The van der Waals surface area contributed by atoms with E-state index in [9.17, 15) is 116 Å². The molecule has 0 saturated carbocycles. The summed E-state index contributed by atoms with van der Waals surface area (Å²) in [5.74, 6) is -16.3. The molecule has 0 radical (unpaired) electrons. The second-order valence-electron chi connectivity index (χ2n) is 8.03. The fourth-order valence-corrected chi connectivity index (χ4v) is 3.42. The van der Waals surface area contributed by atoms with E-state index in [1.165, 1.54) is 0 Å². The van der Waals surface area contributed by atoms with E-state index in [1.54, 1.807) is 0 Å². The molecule has 0 amide bonds. The summed E-state index contributed by atoms with van der Waals surface area (Å²) in [6, 6.07) is 0. The molecule has 2 atom stereocenters. The molecule has 0 spiro atoms. The molecule has 2 nitrogen and oxygen atoms in total. The van der Waals surface area contributed by atoms with E-state index >= 15 is 0 Å². The Kier molecular flexibility index (Phi) is 9.46. The summed E-state index contributed by atoms with van der Waals surface area (Å²) >= 11 is 0. The fourth-order valence-electron chi connectivity index (χ4n) is 3.42. The number of aliphatic hydroxyl groups is 2. The summed E-state index contributed by atoms with van der Waals surface area (Å²) in [5.41, 5.74) is -31.8. The molecule has 0 heterocycles. The normalized spacial score (nSPS) is 19.2. The summed E-state index contributed by atoms with van der Waals surface area (Å²) in [6.45, 7) is 0. The monoisotopic (exact) mass is 676 g/mol. The lowest BCUT2D eigenvalue weighted by atomic mass is 9.70. The van der Waals surface area contributed by atoms with Gasteiger partial charge in [-0.25, -0.2) is 8.78 Å². The molecule has 0 aromatic rings. The molecule has 2 N–H and O–H groups in total. The average molecular weight is 676 g/mol. The highest BCUT2D eigenvalue weighted by atomic mass is 19.5. The number of rotatable bonds is 8. The maximum atomic E-state index is 14.2. The van der Waals surface area contributed by atoms with Crippen LogP contribution in [0.4, 0.5) is 105 Å². The predicted octanol–water partition coefficient (Wildman–Crippen LogP) is 7.68. The lowest BCUT2D eigenvalue weighted by molar-refractivity contribution is -0.448. The first-order valence-corrected chi connectivity index (χ1v) is 9.19. The molecular weight excluding hydrogens is 668 g/mol. The minimum Gasteiger partial charge on any atom is -0.379 e. The standard InChI is InChI=1S/C15H8F24O2/c16-6(10(22,23)24,11(25,26)27)4(40,8(18,19)14(34,35)36)2-1-3-5(41,9(20,21)15(37,38)39)7(17,12(28,29)30)13(31,32)33/h40-41H,1-3H2. The van der Waals surface area contributed by atoms with Gasteiger partial charge < -0.3 is 10.2 Å². The molecule has 0 fully saturated rings. The van der Waals surface area contributed by atoms with Crippen LogP contribution in [0.1, 0.15) is 19.3 Å². The third kappa shape index (κ3) is 5.42. The summed E-state index contributed by atoms with van der Waals surface area (Å²) in [6.07, 6.45) is -60.9. The highest BCUT2D eigenvalue weighted by Gasteiger charge is 2.92. The smallest absolute Gasteiger partial charge is 0.379 e. The molecule has 0 aliphatic carbocycles. The topological polar surface area (TPSA) is 40.5 Å². The Morgan fingerprint density at radius 1 is 0.293 bits per heavy atom. The third-order valence-electron chi connectivity index (χ3n) is 5.53. The summed E-state index contributed by atoms with van der Waals surface area (Å²) in [4.78, 5) is 0. The van der Waals surface area contributed by atoms with E-state index in [2.05, 4.69) is 0 Å². The van der Waals surface area contributed by atoms with Crippen LogP contribution in [0.3, 0.4) is 0 Å². The van der Waals surface area contributed by atoms with Crippen LogP contribution >= 0.6 is 0 Å². The maximum Gasteiger partial charge on any atom is 0.456 e. The number of hydrogen-bond acceptors (Lipinski definition) is 2. The van der Waals surface area contributed by atoms with Gasteiger partial charge in [-0.2, -0.15) is 96.6 Å². The Morgan fingerprint density at radius 2 is 0.463 bits per heavy atom. The first-order valence-electron chi connectivity index (χ1n) is 9.19. The van der Waals surface area contributed by atoms with E-state index in [0.29, 0.717) is 0 Å². The quantitative estimate of drug-likeness (QED) is 0.259. The van der Waals surface area contributed by atoms with Crippen molar-refractivity contribution in [3.8, 4) is 0 Å². The minimum atomic E-state index is -8.34. The Balaban J connectivity index is 7.62. The molecule has 2 unspecified atom stereocenters. The van der Waals surface area contributed by atoms with Gasteiger partial charge in [0.1, 0.15) is 0 Å². The number of alkyl halides is 24. The van der Waals surface area contributed by atoms with Crippen LogP contribution in [0.5, 0.6) is 0 Å². The van der Waals surface area contributed by atoms with Gasteiger partial charge in [0.05, 0.1) is 0 Å². The first kappa shape index (κ1) is 39.2. The molecule has 41 heavy (non-hydrogen) atoms. The van der Waals surface area contributed by atoms with Crippen molar-refractivity contribution in [2.45, 2.75) is 90.7 Å². The lowest BCUT2D eigenvalue weighted by Crippen LogP contribution is -2.77. The van der Waals surface area contributed by atoms with Gasteiger partial charge in [-0.05, 0) is 19.3 Å². The molecule has 0 aromatic heterocycles. The highest BCUT2D eigenvalue weighted by Crippen LogP contribution is 2.64. The van der Waals surface area contributed by atoms with Crippen molar-refractivity contribution in [1.29, 1.82) is 0 Å². The molecule has 0 aromatic carbocycles. The van der Waals surface area contributed by atoms with Crippen molar-refractivity contribution in [3.05, 3.63) is 0 Å². The second-order valence-corrected chi connectivity index (χ2v) is 8.03. The van der Waals surface area contributed by atoms with Crippen molar-refractivity contribution in [3.63, 3.8) is 0 Å². The average Bonchev–Trinajstić information content (AvgIpc) is 2.66. The zero-order valence-corrected chi connectivity index (χ0v) is 18.1. The van der Waals surface area contributed by atoms with Crippen LogP contribution in [0.25, 0.3) is 0 Å². The van der Waals surface area contributed by atoms with Crippen LogP contribution in [0.2, 0.25) is 0 Å². The molecule has 0 bridgehead atoms. The Hall–Kier alpha value is -1.76. The van der Waals surface area contributed by atoms with E-state index in [0.717, 1.165) is 0 Å². The van der Waals surface area contributed by atoms with E-state index in [1.807, 2.05) is 0 Å². The Bertz CT molecular complexity index is 812. The first-order chi connectivity index (χ1) is 17.2. The summed E-state index contributed by atoms with van der Waals surface area (Å²) in [5, 5.41) is 18.5. The zero-order chi connectivity index (χ0) is 34.1. The van der Waals surface area contributed by atoms with Gasteiger partial charge in [0.25, 0.3) is 0 Å². The molecule has 0 aliphatic heterocycles. The van der Waals surface area contributed by atoms with Crippen molar-refractivity contribution >= 4 is 0 Å². The molecule has 0 rings (SSSR count). The van der Waals surface area contributed by atoms with E-state index < -0.39 is 90.7 Å². The number of halogens is 24. The van der Waals surface area contributed by atoms with Crippen LogP contribution in [0, 0.1) is 0 Å². The van der Waals surface area contributed by atoms with Crippen LogP contribution in [-0.2, 0) is 0 Å². The van der Waals surface area contributed by atoms with Crippen molar-refractivity contribution in [2.24, 2.45) is 0 Å². The van der Waals surface area contributed by atoms with E-state index in [4.69, 9.17) is 0 Å². The van der Waals surface area contributed by atoms with Gasteiger partial charge in [0, 0.05) is 0 Å². The predicted molar refractivity (Wildman–Crippen MR) is 77.7 cm³/mol. The largest absolute Gasteiger partial charge is 0.456 e. The Morgan fingerprint density at radius 3 is 0.585 bits per heavy atom. The molecule has 26 heteroatoms. The van der Waals surface area contributed by atoms with Gasteiger partial charge in [-0.15, -0.1) is 0 Å². The zero-order valence-electron chi connectivity index (χ0n) is 18.1. The van der Waals surface area contributed by atoms with Crippen molar-refractivity contribution < 1.29 is 116 Å². The molecular formula is C15H8F24O2. The molecule has 0 aliphatic rings. The fraction of sp³-hybridized carbons (Fsp3) is 1.00. The third-order valence-corrected chi connectivity index (χ3v) is 5.53. The van der Waals surface area contributed by atoms with Crippen LogP contribution in [-0.4, -0.2) is 81.7 Å². The van der Waals surface area contributed by atoms with Crippen molar-refractivity contribution in [2.75, 3.05) is 0 Å². The minimum absolute atomic E-state index is 3.69. The molecule has 0 saturated heterocycles. The van der Waals surface area contributed by atoms with Gasteiger partial charge in [0.2, 0.25) is 0 Å². The van der Waals surface area contributed by atoms with Gasteiger partial charge in [-0.1, -0.05) is 0 Å². The van der Waals surface area contributed by atoms with Gasteiger partial charge >= 0.3 is 60.2 Å². The highest BCUT2D eigenvalue weighted by molar-refractivity contribution is 5.20. The SMILES string of the molecule is OC(CCCC(O)(C(F)(F)C(F)(F)F)C(F)(C(F)(F)F)C(F)(F)F)(C(F)(F)C(F)(F)F)C(F)(C(F)(F)F)C(F)(F)F. The summed E-state index contributed by atoms with van der Waals surface area (Å²) < 4.78 is 314. The Labute approximate surface area is 207 Å². The second kappa shape index (κ2) is 9.89. The van der Waals surface area contributed by atoms with Gasteiger partial charge in [0.15, 0.2) is 11.2 Å². The maximum absolute atomic E-state index is 14.2. The van der Waals surface area contributed by atoms with E-state index in [-0.39, 0.29) is 0 Å². The van der Waals surface area contributed by atoms with Crippen LogP contribution in [0.15, 0.2) is 0 Å². The lowest BCUT2D eigenvalue weighted by Gasteiger charge is -2.48. The summed E-state index contributed by atoms with van der Waals surface area (Å²) in [7, 11) is 0. The van der Waals surface area contributed by atoms with Crippen LogP contribution < -0.4 is 0 Å².